The van der Waals surface area contributed by atoms with Gasteiger partial charge in [0.15, 0.2) is 0 Å². The number of rotatable bonds is 0. The Balaban J connectivity index is 2.00. The van der Waals surface area contributed by atoms with Crippen LogP contribution in [-0.4, -0.2) is 29.4 Å². The van der Waals surface area contributed by atoms with Crippen LogP contribution in [0.25, 0.3) is 0 Å². The number of benzene rings is 1. The Hall–Kier alpha value is -1.64. The van der Waals surface area contributed by atoms with Crippen molar-refractivity contribution >= 4 is 11.7 Å². The number of fused-ring (bicyclic) bond motifs is 1. The van der Waals surface area contributed by atoms with E-state index in [1.165, 1.54) is 12.8 Å². The predicted molar refractivity (Wildman–Crippen MR) is 61.8 cm³/mol. The van der Waals surface area contributed by atoms with Crippen LogP contribution >= 0.6 is 0 Å². The summed E-state index contributed by atoms with van der Waals surface area (Å²) in [6, 6.07) is 7.86. The summed E-state index contributed by atoms with van der Waals surface area (Å²) in [5, 5.41) is 3.02. The zero-order valence-electron chi connectivity index (χ0n) is 9.20. The highest BCUT2D eigenvalue weighted by Gasteiger charge is 2.29. The molecule has 1 N–H and O–H groups in total. The zero-order chi connectivity index (χ0) is 11.0. The zero-order valence-corrected chi connectivity index (χ0v) is 9.20. The predicted octanol–water partition coefficient (Wildman–Crippen LogP) is 1.18. The van der Waals surface area contributed by atoms with Crippen LogP contribution in [0, 0.1) is 0 Å². The minimum absolute atomic E-state index is 0.0451. The molecule has 1 amide bonds. The molecule has 82 valence electrons. The second-order valence-electron chi connectivity index (χ2n) is 4.43. The molecule has 3 rings (SSSR count). The minimum atomic E-state index is 0.0451. The quantitative estimate of drug-likeness (QED) is 0.647. The molecule has 16 heavy (non-hydrogen) atoms. The molecule has 1 aromatic rings. The van der Waals surface area contributed by atoms with E-state index in [0.29, 0.717) is 0 Å². The van der Waals surface area contributed by atoms with Crippen LogP contribution in [0.5, 0.6) is 0 Å². The number of amides is 1. The van der Waals surface area contributed by atoms with E-state index in [-0.39, 0.29) is 5.91 Å². The van der Waals surface area contributed by atoms with Gasteiger partial charge in [0, 0.05) is 0 Å². The second-order valence-corrected chi connectivity index (χ2v) is 4.43. The lowest BCUT2D eigenvalue weighted by Gasteiger charge is -2.15. The first-order valence-corrected chi connectivity index (χ1v) is 5.84. The van der Waals surface area contributed by atoms with Gasteiger partial charge in [0.25, 0.3) is 5.84 Å². The normalized spacial score (nSPS) is 19.6. The van der Waals surface area contributed by atoms with E-state index in [1.807, 2.05) is 24.3 Å². The fourth-order valence-corrected chi connectivity index (χ4v) is 2.50. The molecular weight excluding hydrogens is 200 g/mol. The topological polar surface area (TPSA) is 32.1 Å². The van der Waals surface area contributed by atoms with E-state index in [0.717, 1.165) is 36.5 Å². The van der Waals surface area contributed by atoms with Gasteiger partial charge in [0.05, 0.1) is 25.1 Å². The van der Waals surface area contributed by atoms with Crippen LogP contribution in [0.3, 0.4) is 0 Å². The van der Waals surface area contributed by atoms with Crippen molar-refractivity contribution in [2.24, 2.45) is 0 Å². The van der Waals surface area contributed by atoms with Gasteiger partial charge < -0.3 is 0 Å². The van der Waals surface area contributed by atoms with Crippen molar-refractivity contribution in [3.05, 3.63) is 35.4 Å². The summed E-state index contributed by atoms with van der Waals surface area (Å²) in [5.74, 6) is 1.13. The molecule has 0 aliphatic carbocycles. The maximum absolute atomic E-state index is 11.9. The Kier molecular flexibility index (Phi) is 2.24. The van der Waals surface area contributed by atoms with Gasteiger partial charge in [0.2, 0.25) is 0 Å². The summed E-state index contributed by atoms with van der Waals surface area (Å²) in [4.78, 5) is 11.9. The highest BCUT2D eigenvalue weighted by molar-refractivity contribution is 6.10. The molecule has 1 saturated heterocycles. The molecule has 0 unspecified atom stereocenters. The maximum atomic E-state index is 11.9. The number of nitrogens with one attached hydrogen (secondary N) is 1. The Labute approximate surface area is 94.8 Å². The van der Waals surface area contributed by atoms with Crippen molar-refractivity contribution in [2.75, 3.05) is 13.1 Å². The van der Waals surface area contributed by atoms with Crippen molar-refractivity contribution in [3.8, 4) is 0 Å². The molecule has 0 aromatic heterocycles. The fraction of sp³-hybridized carbons (Fsp3) is 0.385. The van der Waals surface area contributed by atoms with Crippen molar-refractivity contribution in [3.63, 3.8) is 0 Å². The second kappa shape index (κ2) is 3.74. The van der Waals surface area contributed by atoms with Crippen molar-refractivity contribution < 1.29 is 9.37 Å². The Morgan fingerprint density at radius 1 is 1.12 bits per heavy atom. The monoisotopic (exact) mass is 215 g/mol. The number of nitrogens with zero attached hydrogens (tertiary/aromatic N) is 1. The smallest absolute Gasteiger partial charge is 0.265 e. The first-order chi connectivity index (χ1) is 7.84. The lowest BCUT2D eigenvalue weighted by Crippen LogP contribution is -2.42. The third kappa shape index (κ3) is 1.52. The van der Waals surface area contributed by atoms with Crippen LogP contribution in [-0.2, 0) is 6.42 Å². The molecule has 2 aliphatic rings. The van der Waals surface area contributed by atoms with E-state index < -0.39 is 0 Å². The van der Waals surface area contributed by atoms with Gasteiger partial charge >= 0.3 is 5.91 Å². The molecule has 2 heterocycles. The average Bonchev–Trinajstić information content (AvgIpc) is 2.82. The van der Waals surface area contributed by atoms with E-state index in [4.69, 9.17) is 0 Å². The molecule has 0 atom stereocenters. The van der Waals surface area contributed by atoms with E-state index in [1.54, 1.807) is 0 Å². The van der Waals surface area contributed by atoms with Crippen LogP contribution in [0.1, 0.15) is 28.8 Å². The molecule has 0 radical (unpaired) electrons. The molecule has 3 heteroatoms. The lowest BCUT2D eigenvalue weighted by molar-refractivity contribution is -0.508. The third-order valence-electron chi connectivity index (χ3n) is 3.37. The number of carbonyl (C=O) groups excluding carboxylic acids is 1. The molecular formula is C13H15N2O+. The maximum Gasteiger partial charge on any atom is 0.339 e. The fourth-order valence-electron chi connectivity index (χ4n) is 2.50. The molecule has 1 aromatic carbocycles. The summed E-state index contributed by atoms with van der Waals surface area (Å²) in [6.45, 7) is 2.16. The highest BCUT2D eigenvalue weighted by Crippen LogP contribution is 2.15. The van der Waals surface area contributed by atoms with E-state index >= 15 is 0 Å². The summed E-state index contributed by atoms with van der Waals surface area (Å²) in [7, 11) is 0. The van der Waals surface area contributed by atoms with Crippen LogP contribution in [0.2, 0.25) is 0 Å². The van der Waals surface area contributed by atoms with Crippen molar-refractivity contribution in [1.29, 1.82) is 0 Å². The van der Waals surface area contributed by atoms with Gasteiger partial charge in [-0.25, -0.2) is 10.1 Å². The Morgan fingerprint density at radius 3 is 2.69 bits per heavy atom. The van der Waals surface area contributed by atoms with Gasteiger partial charge in [0.1, 0.15) is 0 Å². The van der Waals surface area contributed by atoms with Crippen molar-refractivity contribution in [2.45, 2.75) is 19.3 Å². The third-order valence-corrected chi connectivity index (χ3v) is 3.37. The summed E-state index contributed by atoms with van der Waals surface area (Å²) < 4.78 is 2.30. The molecule has 1 fully saturated rings. The van der Waals surface area contributed by atoms with Crippen LogP contribution < -0.4 is 5.32 Å². The minimum Gasteiger partial charge on any atom is -0.265 e. The first-order valence-electron chi connectivity index (χ1n) is 5.84. The van der Waals surface area contributed by atoms with Gasteiger partial charge in [-0.05, 0) is 24.5 Å². The number of hydrogen-bond acceptors (Lipinski definition) is 1. The average molecular weight is 215 g/mol. The Bertz CT molecular complexity index is 469. The van der Waals surface area contributed by atoms with Crippen molar-refractivity contribution in [1.82, 2.24) is 5.32 Å². The number of amidine groups is 1. The first kappa shape index (κ1) is 9.58. The Morgan fingerprint density at radius 2 is 1.88 bits per heavy atom. The van der Waals surface area contributed by atoms with E-state index in [9.17, 15) is 4.79 Å². The van der Waals surface area contributed by atoms with Gasteiger partial charge in [-0.1, -0.05) is 18.2 Å². The molecule has 2 aliphatic heterocycles. The highest BCUT2D eigenvalue weighted by atomic mass is 16.1. The summed E-state index contributed by atoms with van der Waals surface area (Å²) in [5.41, 5.74) is 1.97. The molecule has 0 saturated carbocycles. The summed E-state index contributed by atoms with van der Waals surface area (Å²) >= 11 is 0. The van der Waals surface area contributed by atoms with Gasteiger partial charge in [-0.3, -0.25) is 4.58 Å². The SMILES string of the molecule is O=C1NC(=[N+]2CCCC2)Cc2ccccc21. The van der Waals surface area contributed by atoms with Crippen LogP contribution in [0.15, 0.2) is 24.3 Å². The van der Waals surface area contributed by atoms with Gasteiger partial charge in [-0.15, -0.1) is 0 Å². The molecule has 0 bridgehead atoms. The van der Waals surface area contributed by atoms with E-state index in [2.05, 4.69) is 9.89 Å². The number of carbonyl (C=O) groups is 1. The standard InChI is InChI=1S/C13H14N2O/c16-13-11-6-2-1-5-10(11)9-12(14-13)15-7-3-4-8-15/h1-2,5-6H,3-4,7-9H2/p+1. The molecule has 3 nitrogen and oxygen atoms in total. The van der Waals surface area contributed by atoms with Gasteiger partial charge in [-0.2, -0.15) is 0 Å². The molecule has 0 spiro atoms. The summed E-state index contributed by atoms with van der Waals surface area (Å²) in [6.07, 6.45) is 3.34. The number of hydrogen-bond donors (Lipinski definition) is 1. The van der Waals surface area contributed by atoms with Crippen LogP contribution in [0.4, 0.5) is 0 Å². The lowest BCUT2D eigenvalue weighted by atomic mass is 10.00. The largest absolute Gasteiger partial charge is 0.339 e.